The number of benzene rings is 1. The summed E-state index contributed by atoms with van der Waals surface area (Å²) >= 11 is 0. The second-order valence-corrected chi connectivity index (χ2v) is 4.67. The Balaban J connectivity index is 2.01. The second-order valence-electron chi connectivity index (χ2n) is 4.67. The van der Waals surface area contributed by atoms with Crippen LogP contribution in [-0.2, 0) is 16.0 Å². The van der Waals surface area contributed by atoms with Gasteiger partial charge in [0.05, 0.1) is 6.04 Å². The van der Waals surface area contributed by atoms with E-state index in [0.29, 0.717) is 0 Å². The number of carbonyl (C=O) groups excluding carboxylic acids is 2. The van der Waals surface area contributed by atoms with Gasteiger partial charge >= 0.3 is 0 Å². The fourth-order valence-corrected chi connectivity index (χ4v) is 2.76. The number of imide groups is 1. The third kappa shape index (κ3) is 1.61. The van der Waals surface area contributed by atoms with Crippen molar-refractivity contribution in [1.29, 1.82) is 0 Å². The summed E-state index contributed by atoms with van der Waals surface area (Å²) in [5, 5.41) is 9.48. The van der Waals surface area contributed by atoms with Gasteiger partial charge in [0, 0.05) is 12.2 Å². The third-order valence-electron chi connectivity index (χ3n) is 3.56. The first-order valence-electron chi connectivity index (χ1n) is 6.04. The van der Waals surface area contributed by atoms with Crippen molar-refractivity contribution in [1.82, 2.24) is 4.90 Å². The van der Waals surface area contributed by atoms with Gasteiger partial charge in [0.1, 0.15) is 5.75 Å². The molecule has 0 aromatic heterocycles. The van der Waals surface area contributed by atoms with Crippen LogP contribution in [0.1, 0.15) is 30.0 Å². The predicted octanol–water partition coefficient (Wildman–Crippen LogP) is 1.69. The molecule has 92 valence electrons. The lowest BCUT2D eigenvalue weighted by Crippen LogP contribution is -2.36. The molecule has 4 nitrogen and oxygen atoms in total. The maximum atomic E-state index is 11.7. The highest BCUT2D eigenvalue weighted by Crippen LogP contribution is 2.37. The summed E-state index contributed by atoms with van der Waals surface area (Å²) in [7, 11) is 0. The molecule has 0 radical (unpaired) electrons. The fraction of sp³-hybridized carbons (Fsp3) is 0.286. The number of nitrogens with zero attached hydrogens (tertiary/aromatic N) is 1. The van der Waals surface area contributed by atoms with Crippen LogP contribution in [0.5, 0.6) is 5.75 Å². The summed E-state index contributed by atoms with van der Waals surface area (Å²) in [6.07, 6.45) is 5.22. The van der Waals surface area contributed by atoms with Crippen LogP contribution in [0.3, 0.4) is 0 Å². The van der Waals surface area contributed by atoms with Crippen molar-refractivity contribution < 1.29 is 14.7 Å². The summed E-state index contributed by atoms with van der Waals surface area (Å²) in [6.45, 7) is 0. The maximum absolute atomic E-state index is 11.7. The highest BCUT2D eigenvalue weighted by molar-refractivity contribution is 6.13. The molecule has 1 atom stereocenters. The zero-order valence-corrected chi connectivity index (χ0v) is 9.80. The van der Waals surface area contributed by atoms with Crippen molar-refractivity contribution in [2.45, 2.75) is 25.3 Å². The Bertz CT molecular complexity index is 544. The Kier molecular flexibility index (Phi) is 2.44. The molecule has 2 amide bonds. The molecule has 4 heteroatoms. The van der Waals surface area contributed by atoms with E-state index in [9.17, 15) is 14.7 Å². The average Bonchev–Trinajstić information content (AvgIpc) is 2.68. The molecule has 1 aliphatic carbocycles. The normalized spacial score (nSPS) is 22.4. The minimum atomic E-state index is -0.245. The number of aromatic hydroxyl groups is 1. The number of carbonyl (C=O) groups is 2. The zero-order valence-electron chi connectivity index (χ0n) is 9.80. The molecule has 1 aromatic carbocycles. The number of amides is 2. The van der Waals surface area contributed by atoms with Gasteiger partial charge in [-0.05, 0) is 42.5 Å². The molecule has 1 N–H and O–H groups in total. The number of rotatable bonds is 1. The Morgan fingerprint density at radius 2 is 1.89 bits per heavy atom. The van der Waals surface area contributed by atoms with E-state index in [1.807, 2.05) is 6.07 Å². The van der Waals surface area contributed by atoms with E-state index in [0.717, 1.165) is 30.4 Å². The molecule has 1 unspecified atom stereocenters. The number of hydrogen-bond donors (Lipinski definition) is 1. The van der Waals surface area contributed by atoms with Crippen molar-refractivity contribution in [3.63, 3.8) is 0 Å². The van der Waals surface area contributed by atoms with Gasteiger partial charge in [-0.15, -0.1) is 0 Å². The van der Waals surface area contributed by atoms with Crippen LogP contribution < -0.4 is 0 Å². The number of hydrogen-bond acceptors (Lipinski definition) is 3. The van der Waals surface area contributed by atoms with Gasteiger partial charge in [-0.25, -0.2) is 0 Å². The van der Waals surface area contributed by atoms with Gasteiger partial charge in [-0.3, -0.25) is 14.5 Å². The van der Waals surface area contributed by atoms with Crippen molar-refractivity contribution in [2.75, 3.05) is 0 Å². The largest absolute Gasteiger partial charge is 0.508 e. The molecule has 0 spiro atoms. The first-order chi connectivity index (χ1) is 8.66. The first kappa shape index (κ1) is 11.0. The highest BCUT2D eigenvalue weighted by atomic mass is 16.3. The molecule has 0 saturated heterocycles. The van der Waals surface area contributed by atoms with E-state index in [2.05, 4.69) is 0 Å². The van der Waals surface area contributed by atoms with Crippen molar-refractivity contribution in [3.05, 3.63) is 41.5 Å². The van der Waals surface area contributed by atoms with Gasteiger partial charge < -0.3 is 5.11 Å². The smallest absolute Gasteiger partial charge is 0.254 e. The summed E-state index contributed by atoms with van der Waals surface area (Å²) in [6, 6.07) is 4.95. The van der Waals surface area contributed by atoms with E-state index in [1.165, 1.54) is 17.1 Å². The summed E-state index contributed by atoms with van der Waals surface area (Å²) in [5.41, 5.74) is 2.00. The number of phenols is 1. The van der Waals surface area contributed by atoms with Crippen LogP contribution in [0.25, 0.3) is 0 Å². The van der Waals surface area contributed by atoms with Crippen LogP contribution in [0, 0.1) is 0 Å². The van der Waals surface area contributed by atoms with Crippen molar-refractivity contribution in [2.24, 2.45) is 0 Å². The fourth-order valence-electron chi connectivity index (χ4n) is 2.76. The molecule has 0 fully saturated rings. The number of phenolic OH excluding ortho intramolecular Hbond substituents is 1. The van der Waals surface area contributed by atoms with E-state index in [4.69, 9.17) is 0 Å². The Labute approximate surface area is 105 Å². The Morgan fingerprint density at radius 1 is 1.17 bits per heavy atom. The average molecular weight is 243 g/mol. The van der Waals surface area contributed by atoms with Crippen molar-refractivity contribution in [3.8, 4) is 5.75 Å². The van der Waals surface area contributed by atoms with Crippen LogP contribution in [0.4, 0.5) is 0 Å². The summed E-state index contributed by atoms with van der Waals surface area (Å²) in [4.78, 5) is 24.8. The van der Waals surface area contributed by atoms with Crippen LogP contribution in [0.2, 0.25) is 0 Å². The van der Waals surface area contributed by atoms with Gasteiger partial charge in [0.25, 0.3) is 11.8 Å². The van der Waals surface area contributed by atoms with E-state index in [-0.39, 0.29) is 23.6 Å². The number of aryl methyl sites for hydroxylation is 1. The zero-order chi connectivity index (χ0) is 12.7. The number of fused-ring (bicyclic) bond motifs is 1. The topological polar surface area (TPSA) is 57.6 Å². The second kappa shape index (κ2) is 3.98. The molecule has 0 saturated carbocycles. The summed E-state index contributed by atoms with van der Waals surface area (Å²) < 4.78 is 0. The lowest BCUT2D eigenvalue weighted by Gasteiger charge is -2.31. The summed E-state index contributed by atoms with van der Waals surface area (Å²) in [5.74, 6) is -0.261. The van der Waals surface area contributed by atoms with Gasteiger partial charge in [-0.2, -0.15) is 0 Å². The minimum absolute atomic E-state index is 0.190. The van der Waals surface area contributed by atoms with E-state index < -0.39 is 0 Å². The molecule has 0 bridgehead atoms. The van der Waals surface area contributed by atoms with E-state index in [1.54, 1.807) is 12.1 Å². The monoisotopic (exact) mass is 243 g/mol. The molecule has 1 aromatic rings. The van der Waals surface area contributed by atoms with Crippen LogP contribution in [-0.4, -0.2) is 21.8 Å². The van der Waals surface area contributed by atoms with Crippen LogP contribution in [0.15, 0.2) is 30.4 Å². The van der Waals surface area contributed by atoms with Gasteiger partial charge in [0.2, 0.25) is 0 Å². The highest BCUT2D eigenvalue weighted by Gasteiger charge is 2.34. The Morgan fingerprint density at radius 3 is 2.61 bits per heavy atom. The molecule has 3 rings (SSSR count). The Hall–Kier alpha value is -2.10. The molecular weight excluding hydrogens is 230 g/mol. The first-order valence-corrected chi connectivity index (χ1v) is 6.04. The van der Waals surface area contributed by atoms with Crippen molar-refractivity contribution >= 4 is 11.8 Å². The minimum Gasteiger partial charge on any atom is -0.508 e. The lowest BCUT2D eigenvalue weighted by atomic mass is 9.86. The molecule has 1 heterocycles. The lowest BCUT2D eigenvalue weighted by molar-refractivity contribution is -0.140. The molecular formula is C14H13NO3. The standard InChI is InChI=1S/C14H13NO3/c16-10-4-5-11-9(8-10)2-1-3-12(11)15-13(17)6-7-14(15)18/h4-8,12,16H,1-3H2. The van der Waals surface area contributed by atoms with Crippen LogP contribution >= 0.6 is 0 Å². The van der Waals surface area contributed by atoms with Gasteiger partial charge in [0.15, 0.2) is 0 Å². The molecule has 2 aliphatic rings. The van der Waals surface area contributed by atoms with E-state index >= 15 is 0 Å². The third-order valence-corrected chi connectivity index (χ3v) is 3.56. The molecule has 18 heavy (non-hydrogen) atoms. The van der Waals surface area contributed by atoms with Gasteiger partial charge in [-0.1, -0.05) is 6.07 Å². The quantitative estimate of drug-likeness (QED) is 0.764. The molecule has 1 aliphatic heterocycles. The maximum Gasteiger partial charge on any atom is 0.254 e. The SMILES string of the molecule is O=C1C=CC(=O)N1C1CCCc2cc(O)ccc21. The predicted molar refractivity (Wildman–Crippen MR) is 64.8 cm³/mol.